The molecule has 120 valence electrons. The van der Waals surface area contributed by atoms with E-state index in [0.717, 1.165) is 12.8 Å². The fourth-order valence-corrected chi connectivity index (χ4v) is 2.84. The lowest BCUT2D eigenvalue weighted by atomic mass is 9.83. The van der Waals surface area contributed by atoms with Crippen molar-refractivity contribution in [3.05, 3.63) is 23.8 Å². The van der Waals surface area contributed by atoms with Crippen LogP contribution in [0.3, 0.4) is 0 Å². The van der Waals surface area contributed by atoms with Crippen LogP contribution in [0.25, 0.3) is 0 Å². The first-order valence-electron chi connectivity index (χ1n) is 7.38. The van der Waals surface area contributed by atoms with Gasteiger partial charge in [0, 0.05) is 11.1 Å². The van der Waals surface area contributed by atoms with Crippen LogP contribution in [0.1, 0.15) is 49.4 Å². The van der Waals surface area contributed by atoms with Crippen LogP contribution in [-0.2, 0) is 4.79 Å². The Morgan fingerprint density at radius 1 is 1.23 bits per heavy atom. The molecule has 1 aliphatic heterocycles. The molecule has 1 fully saturated rings. The number of hydrogen-bond acceptors (Lipinski definition) is 4. The van der Waals surface area contributed by atoms with Gasteiger partial charge in [-0.15, -0.1) is 0 Å². The van der Waals surface area contributed by atoms with Gasteiger partial charge in [0.2, 0.25) is 6.79 Å². The van der Waals surface area contributed by atoms with Crippen molar-refractivity contribution in [3.8, 4) is 11.5 Å². The largest absolute Gasteiger partial charge is 0.483 e. The molecule has 1 aromatic carbocycles. The van der Waals surface area contributed by atoms with E-state index in [9.17, 15) is 4.79 Å². The molecule has 0 bridgehead atoms. The van der Waals surface area contributed by atoms with Crippen LogP contribution in [-0.4, -0.2) is 29.8 Å². The van der Waals surface area contributed by atoms with Gasteiger partial charge in [-0.25, -0.2) is 0 Å². The van der Waals surface area contributed by atoms with Crippen molar-refractivity contribution in [2.75, 3.05) is 6.79 Å². The summed E-state index contributed by atoms with van der Waals surface area (Å²) in [5.41, 5.74) is 0.571. The number of hydrogen-bond donors (Lipinski definition) is 2. The molecule has 1 amide bonds. The van der Waals surface area contributed by atoms with Crippen molar-refractivity contribution < 1.29 is 24.2 Å². The number of nitrogens with one attached hydrogen (secondary N) is 1. The summed E-state index contributed by atoms with van der Waals surface area (Å²) in [5.74, 6) is 1.34. The minimum absolute atomic E-state index is 0.0253. The molecule has 0 radical (unpaired) electrons. The van der Waals surface area contributed by atoms with E-state index in [1.54, 1.807) is 18.2 Å². The van der Waals surface area contributed by atoms with Crippen molar-refractivity contribution in [3.63, 3.8) is 0 Å². The lowest BCUT2D eigenvalue weighted by molar-refractivity contribution is -0.122. The normalized spacial score (nSPS) is 17.9. The molecule has 0 spiro atoms. The average molecular weight is 307 g/mol. The highest BCUT2D eigenvalue weighted by Crippen LogP contribution is 2.33. The molecule has 6 heteroatoms. The highest BCUT2D eigenvalue weighted by atomic mass is 16.7. The van der Waals surface area contributed by atoms with Gasteiger partial charge in [0.1, 0.15) is 0 Å². The molecule has 0 saturated heterocycles. The second kappa shape index (κ2) is 7.15. The standard InChI is InChI=1S/C15H19NO3.CH2O2/c1-15(7-3-2-4-8-15)16-14(17)11-5-6-12-13(9-11)19-10-18-12;2-1-3/h5-6,9H,2-4,7-8,10H2,1H3,(H,16,17);1H,(H,2,3). The number of rotatable bonds is 2. The van der Waals surface area contributed by atoms with E-state index < -0.39 is 0 Å². The lowest BCUT2D eigenvalue weighted by Crippen LogP contribution is -2.47. The number of carboxylic acid groups (broad SMARTS) is 1. The van der Waals surface area contributed by atoms with Crippen LogP contribution in [0.15, 0.2) is 18.2 Å². The molecule has 22 heavy (non-hydrogen) atoms. The molecular weight excluding hydrogens is 286 g/mol. The predicted octanol–water partition coefficient (Wildman–Crippen LogP) is 2.57. The molecule has 0 aromatic heterocycles. The second-order valence-electron chi connectivity index (χ2n) is 5.75. The minimum atomic E-state index is -0.250. The Hall–Kier alpha value is -2.24. The van der Waals surface area contributed by atoms with Crippen molar-refractivity contribution in [2.45, 2.75) is 44.6 Å². The molecule has 1 saturated carbocycles. The molecule has 1 heterocycles. The second-order valence-corrected chi connectivity index (χ2v) is 5.75. The van der Waals surface area contributed by atoms with Gasteiger partial charge in [0.05, 0.1) is 0 Å². The van der Waals surface area contributed by atoms with Crippen molar-refractivity contribution in [1.82, 2.24) is 5.32 Å². The number of ether oxygens (including phenoxy) is 2. The Kier molecular flexibility index (Phi) is 5.25. The predicted molar refractivity (Wildman–Crippen MR) is 80.2 cm³/mol. The Morgan fingerprint density at radius 2 is 1.86 bits per heavy atom. The fraction of sp³-hybridized carbons (Fsp3) is 0.500. The van der Waals surface area contributed by atoms with E-state index in [-0.39, 0.29) is 24.7 Å². The maximum atomic E-state index is 12.3. The third-order valence-corrected chi connectivity index (χ3v) is 4.01. The number of carbonyl (C=O) groups excluding carboxylic acids is 1. The van der Waals surface area contributed by atoms with Gasteiger partial charge in [-0.3, -0.25) is 9.59 Å². The summed E-state index contributed by atoms with van der Waals surface area (Å²) in [6.07, 6.45) is 5.78. The van der Waals surface area contributed by atoms with Crippen LogP contribution >= 0.6 is 0 Å². The van der Waals surface area contributed by atoms with Gasteiger partial charge in [0.15, 0.2) is 11.5 Å². The average Bonchev–Trinajstić information content (AvgIpc) is 2.95. The first-order valence-corrected chi connectivity index (χ1v) is 7.38. The monoisotopic (exact) mass is 307 g/mol. The SMILES string of the molecule is CC1(NC(=O)c2ccc3c(c2)OCO3)CCCCC1.O=CO. The molecule has 6 nitrogen and oxygen atoms in total. The number of fused-ring (bicyclic) bond motifs is 1. The van der Waals surface area contributed by atoms with Gasteiger partial charge in [-0.1, -0.05) is 19.3 Å². The molecule has 2 N–H and O–H groups in total. The topological polar surface area (TPSA) is 84.9 Å². The van der Waals surface area contributed by atoms with Crippen LogP contribution < -0.4 is 14.8 Å². The first-order chi connectivity index (χ1) is 10.6. The van der Waals surface area contributed by atoms with E-state index in [0.29, 0.717) is 17.1 Å². The molecule has 1 aromatic rings. The summed E-state index contributed by atoms with van der Waals surface area (Å²) in [6.45, 7) is 2.12. The molecule has 3 rings (SSSR count). The Labute approximate surface area is 129 Å². The summed E-state index contributed by atoms with van der Waals surface area (Å²) in [4.78, 5) is 20.7. The Balaban J connectivity index is 0.000000545. The Morgan fingerprint density at radius 3 is 2.55 bits per heavy atom. The van der Waals surface area contributed by atoms with Gasteiger partial charge >= 0.3 is 0 Å². The van der Waals surface area contributed by atoms with Gasteiger partial charge in [-0.2, -0.15) is 0 Å². The van der Waals surface area contributed by atoms with Crippen molar-refractivity contribution >= 4 is 12.4 Å². The summed E-state index contributed by atoms with van der Waals surface area (Å²) < 4.78 is 10.6. The molecule has 2 aliphatic rings. The van der Waals surface area contributed by atoms with Gasteiger partial charge in [-0.05, 0) is 38.0 Å². The molecule has 0 atom stereocenters. The summed E-state index contributed by atoms with van der Waals surface area (Å²) in [5, 5.41) is 10.1. The van der Waals surface area contributed by atoms with E-state index in [1.807, 2.05) is 0 Å². The van der Waals surface area contributed by atoms with E-state index in [1.165, 1.54) is 19.3 Å². The summed E-state index contributed by atoms with van der Waals surface area (Å²) in [7, 11) is 0. The highest BCUT2D eigenvalue weighted by molar-refractivity contribution is 5.95. The van der Waals surface area contributed by atoms with E-state index >= 15 is 0 Å². The third-order valence-electron chi connectivity index (χ3n) is 4.01. The van der Waals surface area contributed by atoms with Crippen molar-refractivity contribution in [1.29, 1.82) is 0 Å². The quantitative estimate of drug-likeness (QED) is 0.820. The summed E-state index contributed by atoms with van der Waals surface area (Å²) in [6, 6.07) is 5.33. The van der Waals surface area contributed by atoms with Crippen molar-refractivity contribution in [2.24, 2.45) is 0 Å². The van der Waals surface area contributed by atoms with E-state index in [4.69, 9.17) is 19.4 Å². The lowest BCUT2D eigenvalue weighted by Gasteiger charge is -2.34. The zero-order valence-electron chi connectivity index (χ0n) is 12.6. The minimum Gasteiger partial charge on any atom is -0.483 e. The number of benzene rings is 1. The smallest absolute Gasteiger partial charge is 0.290 e. The first kappa shape index (κ1) is 16.1. The zero-order chi connectivity index (χ0) is 16.0. The third kappa shape index (κ3) is 3.90. The Bertz CT molecular complexity index is 537. The molecule has 0 unspecified atom stereocenters. The van der Waals surface area contributed by atoms with Gasteiger partial charge < -0.3 is 19.9 Å². The fourth-order valence-electron chi connectivity index (χ4n) is 2.84. The molecule has 1 aliphatic carbocycles. The highest BCUT2D eigenvalue weighted by Gasteiger charge is 2.29. The van der Waals surface area contributed by atoms with Crippen LogP contribution in [0.2, 0.25) is 0 Å². The molecular formula is C16H21NO5. The number of carbonyl (C=O) groups is 2. The van der Waals surface area contributed by atoms with Crippen LogP contribution in [0.4, 0.5) is 0 Å². The maximum Gasteiger partial charge on any atom is 0.290 e. The number of amides is 1. The zero-order valence-corrected chi connectivity index (χ0v) is 12.6. The van der Waals surface area contributed by atoms with Gasteiger partial charge in [0.25, 0.3) is 12.4 Å². The van der Waals surface area contributed by atoms with Crippen LogP contribution in [0.5, 0.6) is 11.5 Å². The maximum absolute atomic E-state index is 12.3. The summed E-state index contributed by atoms with van der Waals surface area (Å²) >= 11 is 0. The van der Waals surface area contributed by atoms with E-state index in [2.05, 4.69) is 12.2 Å². The van der Waals surface area contributed by atoms with Crippen LogP contribution in [0, 0.1) is 0 Å².